The molecule has 1 heterocycles. The van der Waals surface area contributed by atoms with Crippen LogP contribution < -0.4 is 10.1 Å². The summed E-state index contributed by atoms with van der Waals surface area (Å²) in [5, 5.41) is 2.88. The van der Waals surface area contributed by atoms with Gasteiger partial charge in [0.05, 0.1) is 12.7 Å². The summed E-state index contributed by atoms with van der Waals surface area (Å²) < 4.78 is 11.2. The molecule has 23 heavy (non-hydrogen) atoms. The molecule has 1 unspecified atom stereocenters. The molecule has 1 aliphatic heterocycles. The third kappa shape index (κ3) is 4.33. The van der Waals surface area contributed by atoms with Crippen molar-refractivity contribution in [3.8, 4) is 5.75 Å². The first kappa shape index (κ1) is 15.6. The number of hydrogen-bond acceptors (Lipinski definition) is 3. The second-order valence-electron chi connectivity index (χ2n) is 5.81. The zero-order valence-electron chi connectivity index (χ0n) is 13.2. The van der Waals surface area contributed by atoms with Crippen molar-refractivity contribution < 1.29 is 14.3 Å². The Balaban J connectivity index is 1.42. The van der Waals surface area contributed by atoms with Crippen LogP contribution in [0.2, 0.25) is 0 Å². The number of hydrogen-bond donors (Lipinski definition) is 1. The SMILES string of the molecule is Cc1ccc(OCC(=O)NCC2Cc3ccccc3CO2)cc1. The van der Waals surface area contributed by atoms with Gasteiger partial charge in [-0.25, -0.2) is 0 Å². The van der Waals surface area contributed by atoms with Gasteiger partial charge in [-0.15, -0.1) is 0 Å². The van der Waals surface area contributed by atoms with Crippen molar-refractivity contribution in [2.75, 3.05) is 13.2 Å². The fourth-order valence-corrected chi connectivity index (χ4v) is 2.60. The van der Waals surface area contributed by atoms with Gasteiger partial charge in [0, 0.05) is 13.0 Å². The minimum absolute atomic E-state index is 0.0202. The van der Waals surface area contributed by atoms with Crippen LogP contribution in [-0.2, 0) is 22.6 Å². The van der Waals surface area contributed by atoms with Gasteiger partial charge in [0.1, 0.15) is 5.75 Å². The van der Waals surface area contributed by atoms with Crippen molar-refractivity contribution in [1.82, 2.24) is 5.32 Å². The van der Waals surface area contributed by atoms with E-state index in [2.05, 4.69) is 17.4 Å². The summed E-state index contributed by atoms with van der Waals surface area (Å²) in [4.78, 5) is 11.9. The Kier molecular flexibility index (Phi) is 4.93. The Morgan fingerprint density at radius 2 is 1.91 bits per heavy atom. The smallest absolute Gasteiger partial charge is 0.258 e. The lowest BCUT2D eigenvalue weighted by Crippen LogP contribution is -2.38. The number of rotatable bonds is 5. The summed E-state index contributed by atoms with van der Waals surface area (Å²) in [6.07, 6.45) is 0.850. The minimum atomic E-state index is -0.131. The summed E-state index contributed by atoms with van der Waals surface area (Å²) in [5.41, 5.74) is 3.70. The van der Waals surface area contributed by atoms with Crippen molar-refractivity contribution >= 4 is 5.91 Å². The summed E-state index contributed by atoms with van der Waals surface area (Å²) in [5.74, 6) is 0.571. The van der Waals surface area contributed by atoms with E-state index in [1.807, 2.05) is 43.3 Å². The highest BCUT2D eigenvalue weighted by molar-refractivity contribution is 5.77. The first-order valence-corrected chi connectivity index (χ1v) is 7.85. The second-order valence-corrected chi connectivity index (χ2v) is 5.81. The molecular formula is C19H21NO3. The Labute approximate surface area is 136 Å². The van der Waals surface area contributed by atoms with E-state index in [1.165, 1.54) is 11.1 Å². The highest BCUT2D eigenvalue weighted by atomic mass is 16.5. The third-order valence-electron chi connectivity index (χ3n) is 3.96. The minimum Gasteiger partial charge on any atom is -0.484 e. The van der Waals surface area contributed by atoms with Gasteiger partial charge in [-0.05, 0) is 30.2 Å². The number of carbonyl (C=O) groups is 1. The van der Waals surface area contributed by atoms with Gasteiger partial charge in [0.25, 0.3) is 5.91 Å². The Bertz CT molecular complexity index is 667. The van der Waals surface area contributed by atoms with Crippen molar-refractivity contribution in [2.24, 2.45) is 0 Å². The van der Waals surface area contributed by atoms with E-state index in [4.69, 9.17) is 9.47 Å². The molecule has 1 aliphatic rings. The number of fused-ring (bicyclic) bond motifs is 1. The molecule has 0 fully saturated rings. The predicted octanol–water partition coefficient (Wildman–Crippen LogP) is 2.63. The Morgan fingerprint density at radius 3 is 2.70 bits per heavy atom. The Hall–Kier alpha value is -2.33. The lowest BCUT2D eigenvalue weighted by Gasteiger charge is -2.25. The lowest BCUT2D eigenvalue weighted by molar-refractivity contribution is -0.123. The van der Waals surface area contributed by atoms with Crippen molar-refractivity contribution in [3.63, 3.8) is 0 Å². The van der Waals surface area contributed by atoms with Crippen molar-refractivity contribution in [1.29, 1.82) is 0 Å². The molecule has 0 aliphatic carbocycles. The normalized spacial score (nSPS) is 16.5. The van der Waals surface area contributed by atoms with Crippen LogP contribution in [0.1, 0.15) is 16.7 Å². The van der Waals surface area contributed by atoms with Crippen LogP contribution in [0.4, 0.5) is 0 Å². The number of aryl methyl sites for hydroxylation is 1. The number of carbonyl (C=O) groups excluding carboxylic acids is 1. The van der Waals surface area contributed by atoms with E-state index >= 15 is 0 Å². The van der Waals surface area contributed by atoms with Gasteiger partial charge in [0.2, 0.25) is 0 Å². The highest BCUT2D eigenvalue weighted by Gasteiger charge is 2.19. The maximum Gasteiger partial charge on any atom is 0.258 e. The summed E-state index contributed by atoms with van der Waals surface area (Å²) in [7, 11) is 0. The van der Waals surface area contributed by atoms with Gasteiger partial charge >= 0.3 is 0 Å². The molecule has 0 saturated heterocycles. The van der Waals surface area contributed by atoms with Crippen LogP contribution in [0.15, 0.2) is 48.5 Å². The molecule has 0 saturated carbocycles. The quantitative estimate of drug-likeness (QED) is 0.923. The number of benzene rings is 2. The van der Waals surface area contributed by atoms with Gasteiger partial charge < -0.3 is 14.8 Å². The number of amides is 1. The zero-order valence-corrected chi connectivity index (χ0v) is 13.2. The molecule has 0 bridgehead atoms. The van der Waals surface area contributed by atoms with Crippen LogP contribution in [0.25, 0.3) is 0 Å². The van der Waals surface area contributed by atoms with Crippen molar-refractivity contribution in [3.05, 3.63) is 65.2 Å². The molecule has 0 aromatic heterocycles. The van der Waals surface area contributed by atoms with Crippen LogP contribution >= 0.6 is 0 Å². The molecule has 120 valence electrons. The second kappa shape index (κ2) is 7.29. The topological polar surface area (TPSA) is 47.6 Å². The van der Waals surface area contributed by atoms with Crippen LogP contribution in [0, 0.1) is 6.92 Å². The molecule has 4 heteroatoms. The van der Waals surface area contributed by atoms with Crippen LogP contribution in [-0.4, -0.2) is 25.2 Å². The number of ether oxygens (including phenoxy) is 2. The fourth-order valence-electron chi connectivity index (χ4n) is 2.60. The third-order valence-corrected chi connectivity index (χ3v) is 3.96. The first-order valence-electron chi connectivity index (χ1n) is 7.85. The van der Waals surface area contributed by atoms with E-state index in [-0.39, 0.29) is 18.6 Å². The zero-order chi connectivity index (χ0) is 16.1. The molecule has 3 rings (SSSR count). The molecular weight excluding hydrogens is 290 g/mol. The average molecular weight is 311 g/mol. The van der Waals surface area contributed by atoms with E-state index < -0.39 is 0 Å². The molecule has 2 aromatic carbocycles. The maximum atomic E-state index is 11.9. The molecule has 4 nitrogen and oxygen atoms in total. The maximum absolute atomic E-state index is 11.9. The van der Waals surface area contributed by atoms with Gasteiger partial charge in [-0.1, -0.05) is 42.0 Å². The average Bonchev–Trinajstić information content (AvgIpc) is 2.59. The molecule has 1 amide bonds. The van der Waals surface area contributed by atoms with E-state index in [9.17, 15) is 4.79 Å². The summed E-state index contributed by atoms with van der Waals surface area (Å²) in [6, 6.07) is 15.9. The van der Waals surface area contributed by atoms with Crippen molar-refractivity contribution in [2.45, 2.75) is 26.1 Å². The molecule has 2 aromatic rings. The predicted molar refractivity (Wildman–Crippen MR) is 88.4 cm³/mol. The largest absolute Gasteiger partial charge is 0.484 e. The van der Waals surface area contributed by atoms with Gasteiger partial charge in [0.15, 0.2) is 6.61 Å². The fraction of sp³-hybridized carbons (Fsp3) is 0.316. The molecule has 1 atom stereocenters. The monoisotopic (exact) mass is 311 g/mol. The molecule has 0 spiro atoms. The van der Waals surface area contributed by atoms with Gasteiger partial charge in [-0.3, -0.25) is 4.79 Å². The van der Waals surface area contributed by atoms with E-state index in [0.29, 0.717) is 18.9 Å². The number of nitrogens with one attached hydrogen (secondary N) is 1. The van der Waals surface area contributed by atoms with E-state index in [1.54, 1.807) is 0 Å². The van der Waals surface area contributed by atoms with E-state index in [0.717, 1.165) is 12.0 Å². The van der Waals surface area contributed by atoms with Crippen LogP contribution in [0.5, 0.6) is 5.75 Å². The summed E-state index contributed by atoms with van der Waals surface area (Å²) >= 11 is 0. The molecule has 0 radical (unpaired) electrons. The highest BCUT2D eigenvalue weighted by Crippen LogP contribution is 2.19. The molecule has 1 N–H and O–H groups in total. The van der Waals surface area contributed by atoms with Gasteiger partial charge in [-0.2, -0.15) is 0 Å². The standard InChI is InChI=1S/C19H21NO3/c1-14-6-8-17(9-7-14)23-13-19(21)20-11-18-10-15-4-2-3-5-16(15)12-22-18/h2-9,18H,10-13H2,1H3,(H,20,21). The summed E-state index contributed by atoms with van der Waals surface area (Å²) in [6.45, 7) is 3.15. The lowest BCUT2D eigenvalue weighted by atomic mass is 9.99. The van der Waals surface area contributed by atoms with Crippen LogP contribution in [0.3, 0.4) is 0 Å². The first-order chi connectivity index (χ1) is 11.2. The Morgan fingerprint density at radius 1 is 1.17 bits per heavy atom.